The average molecular weight is 1170 g/mol. The predicted octanol–water partition coefficient (Wildman–Crippen LogP) is 23.1. The molecule has 83 heavy (non-hydrogen) atoms. The molecule has 0 aromatic heterocycles. The number of rotatable bonds is 70. The zero-order valence-electron chi connectivity index (χ0n) is 56.5. The van der Waals surface area contributed by atoms with E-state index in [0.29, 0.717) is 25.7 Å². The second-order valence-corrected chi connectivity index (χ2v) is 26.0. The standard InChI is InChI=1S/C74H146N4O5/c1-5-9-13-17-21-25-29-33-37-41-45-49-53-57-61-65-69(79)75-73(76-70(80)66-62-58-54-50-46-42-38-34-30-26-22-18-14-10-6-2)83-74(77-71(81)67-63-59-55-51-47-43-39-35-31-27-23-19-15-11-7-3)78-72(82)68-64-60-56-52-48-44-40-36-32-28-24-20-16-12-8-4/h73-74H,5-68H2,1-4H3,(H,75,79)(H,76,80)(H,77,81)(H,78,82). The molecule has 0 aliphatic rings. The Morgan fingerprint density at radius 1 is 0.193 bits per heavy atom. The molecule has 0 saturated heterocycles. The summed E-state index contributed by atoms with van der Waals surface area (Å²) in [6.07, 6.45) is 74.4. The van der Waals surface area contributed by atoms with E-state index in [1.807, 2.05) is 0 Å². The molecule has 0 rings (SSSR count). The van der Waals surface area contributed by atoms with Crippen LogP contribution in [-0.2, 0) is 23.9 Å². The third-order valence-corrected chi connectivity index (χ3v) is 17.5. The molecule has 4 amide bonds. The molecule has 0 atom stereocenters. The fourth-order valence-electron chi connectivity index (χ4n) is 11.8. The number of hydrogen-bond acceptors (Lipinski definition) is 5. The number of unbranched alkanes of at least 4 members (excludes halogenated alkanes) is 56. The highest BCUT2D eigenvalue weighted by Crippen LogP contribution is 2.19. The SMILES string of the molecule is CCCCCCCCCCCCCCCCCC(=O)NC(NC(=O)CCCCCCCCCCCCCCCCC)OC(NC(=O)CCCCCCCCCCCCCCCCC)NC(=O)CCCCCCCCCCCCCCCCC. The first kappa shape index (κ1) is 80.8. The molecule has 0 fully saturated rings. The summed E-state index contributed by atoms with van der Waals surface area (Å²) >= 11 is 0. The van der Waals surface area contributed by atoms with Gasteiger partial charge in [0.25, 0.3) is 0 Å². The Balaban J connectivity index is 5.32. The first-order valence-electron chi connectivity index (χ1n) is 37.7. The van der Waals surface area contributed by atoms with Crippen molar-refractivity contribution in [2.75, 3.05) is 0 Å². The van der Waals surface area contributed by atoms with Crippen LogP contribution in [0.1, 0.15) is 439 Å². The van der Waals surface area contributed by atoms with E-state index < -0.39 is 12.7 Å². The maximum atomic E-state index is 13.5. The Hall–Kier alpha value is -2.16. The molecular formula is C74H146N4O5. The molecule has 0 saturated carbocycles. The smallest absolute Gasteiger partial charge is 0.223 e. The molecule has 9 nitrogen and oxygen atoms in total. The highest BCUT2D eigenvalue weighted by atomic mass is 16.6. The van der Waals surface area contributed by atoms with E-state index in [1.54, 1.807) is 0 Å². The van der Waals surface area contributed by atoms with Gasteiger partial charge in [-0.15, -0.1) is 0 Å². The quantitative estimate of drug-likeness (QED) is 0.0357. The van der Waals surface area contributed by atoms with Crippen molar-refractivity contribution in [2.45, 2.75) is 451 Å². The molecule has 0 spiro atoms. The number of nitrogens with one attached hydrogen (secondary N) is 4. The van der Waals surface area contributed by atoms with Crippen LogP contribution in [0, 0.1) is 0 Å². The molecule has 0 heterocycles. The molecule has 0 unspecified atom stereocenters. The van der Waals surface area contributed by atoms with E-state index in [0.717, 1.165) is 77.0 Å². The van der Waals surface area contributed by atoms with Gasteiger partial charge in [-0.05, 0) is 25.7 Å². The van der Waals surface area contributed by atoms with E-state index in [4.69, 9.17) is 4.74 Å². The molecule has 4 N–H and O–H groups in total. The van der Waals surface area contributed by atoms with Gasteiger partial charge in [-0.3, -0.25) is 23.9 Å². The molecular weight excluding hydrogens is 1020 g/mol. The van der Waals surface area contributed by atoms with Gasteiger partial charge in [0.15, 0.2) is 0 Å². The minimum Gasteiger partial charge on any atom is -0.313 e. The second-order valence-electron chi connectivity index (χ2n) is 26.0. The zero-order valence-corrected chi connectivity index (χ0v) is 56.5. The zero-order chi connectivity index (χ0) is 60.3. The van der Waals surface area contributed by atoms with Gasteiger partial charge in [-0.25, -0.2) is 0 Å². The molecule has 0 aromatic rings. The van der Waals surface area contributed by atoms with E-state index in [-0.39, 0.29) is 23.6 Å². The van der Waals surface area contributed by atoms with Crippen LogP contribution < -0.4 is 21.3 Å². The van der Waals surface area contributed by atoms with Gasteiger partial charge in [-0.2, -0.15) is 0 Å². The maximum Gasteiger partial charge on any atom is 0.223 e. The van der Waals surface area contributed by atoms with E-state index >= 15 is 0 Å². The van der Waals surface area contributed by atoms with Gasteiger partial charge in [0.1, 0.15) is 0 Å². The van der Waals surface area contributed by atoms with Crippen LogP contribution in [-0.4, -0.2) is 36.3 Å². The molecule has 0 bridgehead atoms. The largest absolute Gasteiger partial charge is 0.313 e. The Bertz CT molecular complexity index is 1150. The van der Waals surface area contributed by atoms with Crippen molar-refractivity contribution in [1.29, 1.82) is 0 Å². The van der Waals surface area contributed by atoms with Crippen LogP contribution in [0.4, 0.5) is 0 Å². The van der Waals surface area contributed by atoms with Crippen LogP contribution in [0.5, 0.6) is 0 Å². The van der Waals surface area contributed by atoms with Gasteiger partial charge in [0.05, 0.1) is 0 Å². The number of ether oxygens (including phenoxy) is 1. The van der Waals surface area contributed by atoms with Crippen LogP contribution in [0.15, 0.2) is 0 Å². The molecule has 0 aliphatic heterocycles. The minimum atomic E-state index is -1.19. The fraction of sp³-hybridized carbons (Fsp3) is 0.946. The summed E-state index contributed by atoms with van der Waals surface area (Å²) in [6.45, 7) is 9.11. The summed E-state index contributed by atoms with van der Waals surface area (Å²) in [4.78, 5) is 54.1. The van der Waals surface area contributed by atoms with Crippen molar-refractivity contribution in [3.05, 3.63) is 0 Å². The van der Waals surface area contributed by atoms with Crippen molar-refractivity contribution in [3.63, 3.8) is 0 Å². The third kappa shape index (κ3) is 65.7. The summed E-state index contributed by atoms with van der Waals surface area (Å²) in [5, 5.41) is 11.7. The lowest BCUT2D eigenvalue weighted by Gasteiger charge is -2.27. The summed E-state index contributed by atoms with van der Waals surface area (Å²) in [5.74, 6) is -0.819. The first-order chi connectivity index (χ1) is 40.9. The van der Waals surface area contributed by atoms with Gasteiger partial charge in [0.2, 0.25) is 36.3 Å². The minimum absolute atomic E-state index is 0.205. The molecule has 9 heteroatoms. The van der Waals surface area contributed by atoms with Gasteiger partial charge >= 0.3 is 0 Å². The highest BCUT2D eigenvalue weighted by molar-refractivity contribution is 5.80. The van der Waals surface area contributed by atoms with Gasteiger partial charge in [-0.1, -0.05) is 387 Å². The van der Waals surface area contributed by atoms with Gasteiger partial charge < -0.3 is 21.3 Å². The summed E-state index contributed by atoms with van der Waals surface area (Å²) in [7, 11) is 0. The number of carbonyl (C=O) groups excluding carboxylic acids is 4. The first-order valence-corrected chi connectivity index (χ1v) is 37.7. The third-order valence-electron chi connectivity index (χ3n) is 17.5. The number of carbonyl (C=O) groups is 4. The number of hydrogen-bond donors (Lipinski definition) is 4. The van der Waals surface area contributed by atoms with Crippen molar-refractivity contribution >= 4 is 23.6 Å². The Morgan fingerprint density at radius 2 is 0.301 bits per heavy atom. The summed E-state index contributed by atoms with van der Waals surface area (Å²) < 4.78 is 6.32. The Kier molecular flexibility index (Phi) is 67.2. The van der Waals surface area contributed by atoms with Gasteiger partial charge in [0, 0.05) is 25.7 Å². The van der Waals surface area contributed by atoms with Crippen molar-refractivity contribution < 1.29 is 23.9 Å². The lowest BCUT2D eigenvalue weighted by molar-refractivity contribution is -0.146. The van der Waals surface area contributed by atoms with Crippen LogP contribution >= 0.6 is 0 Å². The van der Waals surface area contributed by atoms with E-state index in [2.05, 4.69) is 49.0 Å². The summed E-state index contributed by atoms with van der Waals surface area (Å²) in [5.41, 5.74) is 0. The summed E-state index contributed by atoms with van der Waals surface area (Å²) in [6, 6.07) is 0. The second kappa shape index (κ2) is 68.9. The predicted molar refractivity (Wildman–Crippen MR) is 359 cm³/mol. The Morgan fingerprint density at radius 3 is 0.422 bits per heavy atom. The van der Waals surface area contributed by atoms with Crippen molar-refractivity contribution in [3.8, 4) is 0 Å². The lowest BCUT2D eigenvalue weighted by atomic mass is 10.0. The monoisotopic (exact) mass is 1170 g/mol. The molecule has 0 aliphatic carbocycles. The van der Waals surface area contributed by atoms with E-state index in [1.165, 1.54) is 308 Å². The highest BCUT2D eigenvalue weighted by Gasteiger charge is 2.24. The maximum absolute atomic E-state index is 13.5. The lowest BCUT2D eigenvalue weighted by Crippen LogP contribution is -2.58. The number of amides is 4. The van der Waals surface area contributed by atoms with Crippen LogP contribution in [0.3, 0.4) is 0 Å². The normalized spacial score (nSPS) is 11.5. The van der Waals surface area contributed by atoms with Crippen molar-refractivity contribution in [2.24, 2.45) is 0 Å². The van der Waals surface area contributed by atoms with E-state index in [9.17, 15) is 19.2 Å². The van der Waals surface area contributed by atoms with Crippen LogP contribution in [0.2, 0.25) is 0 Å². The van der Waals surface area contributed by atoms with Crippen molar-refractivity contribution in [1.82, 2.24) is 21.3 Å². The molecule has 492 valence electrons. The molecule has 0 radical (unpaired) electrons. The fourth-order valence-corrected chi connectivity index (χ4v) is 11.8. The molecule has 0 aromatic carbocycles. The average Bonchev–Trinajstić information content (AvgIpc) is 3.47. The topological polar surface area (TPSA) is 126 Å². The Labute approximate surface area is 517 Å². The van der Waals surface area contributed by atoms with Crippen LogP contribution in [0.25, 0.3) is 0 Å².